The minimum absolute atomic E-state index is 0.654. The van der Waals surface area contributed by atoms with Crippen molar-refractivity contribution in [2.75, 3.05) is 0 Å². The first kappa shape index (κ1) is 11.4. The van der Waals surface area contributed by atoms with E-state index in [1.165, 1.54) is 23.1 Å². The first-order chi connectivity index (χ1) is 7.50. The summed E-state index contributed by atoms with van der Waals surface area (Å²) < 4.78 is 0. The van der Waals surface area contributed by atoms with E-state index in [2.05, 4.69) is 46.8 Å². The molecule has 86 valence electrons. The lowest BCUT2D eigenvalue weighted by atomic mass is 9.92. The van der Waals surface area contributed by atoms with Gasteiger partial charge in [-0.1, -0.05) is 41.4 Å². The molecule has 0 N–H and O–H groups in total. The van der Waals surface area contributed by atoms with Crippen molar-refractivity contribution in [2.24, 2.45) is 5.92 Å². The fourth-order valence-electron chi connectivity index (χ4n) is 2.83. The number of hydrogen-bond donors (Lipinski definition) is 0. The maximum atomic E-state index is 2.36. The average Bonchev–Trinajstić information content (AvgIpc) is 2.73. The predicted octanol–water partition coefficient (Wildman–Crippen LogP) is 4.96. The third kappa shape index (κ3) is 1.81. The van der Waals surface area contributed by atoms with Crippen molar-refractivity contribution < 1.29 is 0 Å². The summed E-state index contributed by atoms with van der Waals surface area (Å²) in [5.41, 5.74) is 9.28. The lowest BCUT2D eigenvalue weighted by molar-refractivity contribution is 0.776. The van der Waals surface area contributed by atoms with E-state index in [1.54, 1.807) is 16.7 Å². The van der Waals surface area contributed by atoms with Gasteiger partial charge < -0.3 is 0 Å². The van der Waals surface area contributed by atoms with Crippen LogP contribution in [0.15, 0.2) is 45.6 Å². The van der Waals surface area contributed by atoms with Gasteiger partial charge >= 0.3 is 0 Å². The normalized spacial score (nSPS) is 25.4. The van der Waals surface area contributed by atoms with Gasteiger partial charge in [0.05, 0.1) is 0 Å². The first-order valence-electron chi connectivity index (χ1n) is 6.24. The Labute approximate surface area is 99.4 Å². The fourth-order valence-corrected chi connectivity index (χ4v) is 2.83. The molecule has 0 aliphatic heterocycles. The summed E-state index contributed by atoms with van der Waals surface area (Å²) in [7, 11) is 0. The third-order valence-electron chi connectivity index (χ3n) is 4.34. The molecule has 0 heterocycles. The van der Waals surface area contributed by atoms with Crippen molar-refractivity contribution in [3.05, 3.63) is 45.6 Å². The molecule has 1 atom stereocenters. The van der Waals surface area contributed by atoms with Crippen LogP contribution < -0.4 is 0 Å². The maximum absolute atomic E-state index is 2.36. The van der Waals surface area contributed by atoms with Crippen LogP contribution in [0.1, 0.15) is 47.5 Å². The Morgan fingerprint density at radius 3 is 2.25 bits per heavy atom. The molecule has 0 bridgehead atoms. The molecule has 2 aliphatic rings. The van der Waals surface area contributed by atoms with Gasteiger partial charge in [-0.05, 0) is 57.6 Å². The molecule has 0 aromatic heterocycles. The van der Waals surface area contributed by atoms with Gasteiger partial charge in [0.2, 0.25) is 0 Å². The van der Waals surface area contributed by atoms with Gasteiger partial charge in [0.25, 0.3) is 0 Å². The second-order valence-electron chi connectivity index (χ2n) is 5.31. The average molecular weight is 214 g/mol. The van der Waals surface area contributed by atoms with Crippen molar-refractivity contribution in [3.8, 4) is 0 Å². The Kier molecular flexibility index (Phi) is 2.92. The van der Waals surface area contributed by atoms with Gasteiger partial charge in [-0.15, -0.1) is 0 Å². The van der Waals surface area contributed by atoms with Crippen LogP contribution in [0, 0.1) is 5.92 Å². The second kappa shape index (κ2) is 4.08. The van der Waals surface area contributed by atoms with Crippen LogP contribution in [-0.2, 0) is 0 Å². The van der Waals surface area contributed by atoms with Gasteiger partial charge in [-0.25, -0.2) is 0 Å². The Morgan fingerprint density at radius 1 is 1.12 bits per heavy atom. The minimum atomic E-state index is 0.654. The summed E-state index contributed by atoms with van der Waals surface area (Å²) in [6.07, 6.45) is 7.02. The van der Waals surface area contributed by atoms with Crippen molar-refractivity contribution in [3.63, 3.8) is 0 Å². The van der Waals surface area contributed by atoms with Gasteiger partial charge in [0.1, 0.15) is 0 Å². The summed E-state index contributed by atoms with van der Waals surface area (Å²) in [5, 5.41) is 0. The highest BCUT2D eigenvalue weighted by atomic mass is 14.3. The SMILES string of the molecule is CC1=CCC(CC2=C(C)C(C)=C(C)C2C)=C1. The maximum Gasteiger partial charge on any atom is -0.000935 e. The molecule has 0 heteroatoms. The van der Waals surface area contributed by atoms with E-state index in [4.69, 9.17) is 0 Å². The zero-order valence-corrected chi connectivity index (χ0v) is 11.1. The lowest BCUT2D eigenvalue weighted by Gasteiger charge is -2.13. The molecule has 0 amide bonds. The number of hydrogen-bond acceptors (Lipinski definition) is 0. The van der Waals surface area contributed by atoms with Gasteiger partial charge in [-0.3, -0.25) is 0 Å². The van der Waals surface area contributed by atoms with Crippen LogP contribution in [0.2, 0.25) is 0 Å². The Hall–Kier alpha value is -1.04. The highest BCUT2D eigenvalue weighted by molar-refractivity contribution is 5.49. The van der Waals surface area contributed by atoms with Crippen LogP contribution in [0.3, 0.4) is 0 Å². The number of allylic oxidation sites excluding steroid dienone is 8. The fraction of sp³-hybridized carbons (Fsp3) is 0.500. The summed E-state index contributed by atoms with van der Waals surface area (Å²) in [6, 6.07) is 0. The molecule has 16 heavy (non-hydrogen) atoms. The van der Waals surface area contributed by atoms with Crippen molar-refractivity contribution >= 4 is 0 Å². The number of rotatable bonds is 2. The van der Waals surface area contributed by atoms with Crippen LogP contribution in [0.4, 0.5) is 0 Å². The first-order valence-corrected chi connectivity index (χ1v) is 6.24. The standard InChI is InChI=1S/C16H22/c1-10-6-7-15(8-10)9-16-13(4)11(2)12(3)14(16)5/h6,8,13H,7,9H2,1-5H3. The molecule has 0 nitrogen and oxygen atoms in total. The minimum Gasteiger partial charge on any atom is -0.0775 e. The van der Waals surface area contributed by atoms with E-state index < -0.39 is 0 Å². The molecule has 0 spiro atoms. The predicted molar refractivity (Wildman–Crippen MR) is 71.3 cm³/mol. The van der Waals surface area contributed by atoms with E-state index in [9.17, 15) is 0 Å². The van der Waals surface area contributed by atoms with Gasteiger partial charge in [0, 0.05) is 0 Å². The summed E-state index contributed by atoms with van der Waals surface area (Å²) >= 11 is 0. The summed E-state index contributed by atoms with van der Waals surface area (Å²) in [5.74, 6) is 0.654. The molecule has 1 unspecified atom stereocenters. The zero-order chi connectivity index (χ0) is 11.9. The third-order valence-corrected chi connectivity index (χ3v) is 4.34. The second-order valence-corrected chi connectivity index (χ2v) is 5.31. The molecular weight excluding hydrogens is 192 g/mol. The smallest absolute Gasteiger partial charge is 0.000935 e. The van der Waals surface area contributed by atoms with Crippen LogP contribution in [0.5, 0.6) is 0 Å². The molecule has 0 saturated heterocycles. The Bertz CT molecular complexity index is 439. The van der Waals surface area contributed by atoms with E-state index >= 15 is 0 Å². The zero-order valence-electron chi connectivity index (χ0n) is 11.1. The van der Waals surface area contributed by atoms with E-state index in [1.807, 2.05) is 0 Å². The Morgan fingerprint density at radius 2 is 1.81 bits per heavy atom. The highest BCUT2D eigenvalue weighted by Gasteiger charge is 2.24. The van der Waals surface area contributed by atoms with Crippen molar-refractivity contribution in [2.45, 2.75) is 47.5 Å². The monoisotopic (exact) mass is 214 g/mol. The summed E-state index contributed by atoms with van der Waals surface area (Å²) in [4.78, 5) is 0. The van der Waals surface area contributed by atoms with Gasteiger partial charge in [0.15, 0.2) is 0 Å². The largest absolute Gasteiger partial charge is 0.0775 e. The van der Waals surface area contributed by atoms with E-state index in [0.717, 1.165) is 6.42 Å². The lowest BCUT2D eigenvalue weighted by Crippen LogP contribution is -1.98. The van der Waals surface area contributed by atoms with Crippen LogP contribution in [-0.4, -0.2) is 0 Å². The van der Waals surface area contributed by atoms with Crippen molar-refractivity contribution in [1.82, 2.24) is 0 Å². The molecular formula is C16H22. The quantitative estimate of drug-likeness (QED) is 0.609. The summed E-state index contributed by atoms with van der Waals surface area (Å²) in [6.45, 7) is 11.4. The Balaban J connectivity index is 2.17. The van der Waals surface area contributed by atoms with E-state index in [-0.39, 0.29) is 0 Å². The van der Waals surface area contributed by atoms with Crippen molar-refractivity contribution in [1.29, 1.82) is 0 Å². The van der Waals surface area contributed by atoms with Crippen LogP contribution in [0.25, 0.3) is 0 Å². The molecule has 0 saturated carbocycles. The van der Waals surface area contributed by atoms with Crippen LogP contribution >= 0.6 is 0 Å². The molecule has 2 aliphatic carbocycles. The van der Waals surface area contributed by atoms with E-state index in [0.29, 0.717) is 5.92 Å². The van der Waals surface area contributed by atoms with Gasteiger partial charge in [-0.2, -0.15) is 0 Å². The topological polar surface area (TPSA) is 0 Å². The molecule has 0 aromatic carbocycles. The molecule has 0 radical (unpaired) electrons. The molecule has 2 rings (SSSR count). The molecule has 0 aromatic rings. The highest BCUT2D eigenvalue weighted by Crippen LogP contribution is 2.40. The molecule has 0 fully saturated rings.